The van der Waals surface area contributed by atoms with Crippen LogP contribution in [0.5, 0.6) is 0 Å². The van der Waals surface area contributed by atoms with Crippen molar-refractivity contribution in [3.63, 3.8) is 0 Å². The molecule has 6 heteroatoms. The van der Waals surface area contributed by atoms with Gasteiger partial charge in [-0.15, -0.1) is 0 Å². The second kappa shape index (κ2) is 4.81. The van der Waals surface area contributed by atoms with Crippen molar-refractivity contribution in [1.82, 2.24) is 9.55 Å². The molecule has 0 saturated heterocycles. The molecule has 0 aliphatic heterocycles. The summed E-state index contributed by atoms with van der Waals surface area (Å²) in [7, 11) is 0. The quantitative estimate of drug-likeness (QED) is 0.910. The van der Waals surface area contributed by atoms with E-state index in [0.29, 0.717) is 11.3 Å². The molecule has 0 saturated carbocycles. The summed E-state index contributed by atoms with van der Waals surface area (Å²) in [5, 5.41) is 0. The van der Waals surface area contributed by atoms with Gasteiger partial charge in [-0.25, -0.2) is 18.2 Å². The molecule has 2 aromatic rings. The smallest absolute Gasteiger partial charge is 0.277 e. The minimum atomic E-state index is -3.01. The molecule has 0 fully saturated rings. The SMILES string of the molecule is NCC(F)(F)Cn1cncc1-c1cccc(F)c1. The van der Waals surface area contributed by atoms with Gasteiger partial charge in [0.05, 0.1) is 31.3 Å². The van der Waals surface area contributed by atoms with Gasteiger partial charge in [-0.2, -0.15) is 0 Å². The number of aromatic nitrogens is 2. The minimum Gasteiger partial charge on any atom is -0.325 e. The fourth-order valence-electron chi connectivity index (χ4n) is 1.65. The highest BCUT2D eigenvalue weighted by Gasteiger charge is 2.28. The molecule has 0 spiro atoms. The Balaban J connectivity index is 2.33. The van der Waals surface area contributed by atoms with Gasteiger partial charge >= 0.3 is 0 Å². The summed E-state index contributed by atoms with van der Waals surface area (Å²) in [5.74, 6) is -3.44. The number of imidazole rings is 1. The Morgan fingerprint density at radius 2 is 2.11 bits per heavy atom. The number of nitrogens with zero attached hydrogens (tertiary/aromatic N) is 2. The van der Waals surface area contributed by atoms with E-state index in [9.17, 15) is 13.2 Å². The normalized spacial score (nSPS) is 11.8. The topological polar surface area (TPSA) is 43.8 Å². The zero-order valence-electron chi connectivity index (χ0n) is 9.48. The first kappa shape index (κ1) is 12.6. The molecular formula is C12H12F3N3. The number of rotatable bonds is 4. The van der Waals surface area contributed by atoms with Gasteiger partial charge in [0.2, 0.25) is 0 Å². The van der Waals surface area contributed by atoms with E-state index >= 15 is 0 Å². The predicted octanol–water partition coefficient (Wildman–Crippen LogP) is 2.28. The molecule has 0 aliphatic rings. The van der Waals surface area contributed by atoms with Crippen LogP contribution in [0.1, 0.15) is 0 Å². The highest BCUT2D eigenvalue weighted by Crippen LogP contribution is 2.23. The maximum absolute atomic E-state index is 13.2. The van der Waals surface area contributed by atoms with Crippen molar-refractivity contribution in [2.75, 3.05) is 6.54 Å². The Morgan fingerprint density at radius 1 is 1.33 bits per heavy atom. The maximum atomic E-state index is 13.2. The van der Waals surface area contributed by atoms with Crippen molar-refractivity contribution in [3.8, 4) is 11.3 Å². The van der Waals surface area contributed by atoms with E-state index in [0.717, 1.165) is 0 Å². The Hall–Kier alpha value is -1.82. The summed E-state index contributed by atoms with van der Waals surface area (Å²) < 4.78 is 40.8. The van der Waals surface area contributed by atoms with E-state index in [1.807, 2.05) is 0 Å². The second-order valence-electron chi connectivity index (χ2n) is 3.98. The standard InChI is InChI=1S/C12H12F3N3/c13-10-3-1-2-9(4-10)11-5-17-8-18(11)7-12(14,15)6-16/h1-5,8H,6-7,16H2. The van der Waals surface area contributed by atoms with Gasteiger partial charge in [0, 0.05) is 5.56 Å². The third-order valence-corrected chi connectivity index (χ3v) is 2.53. The minimum absolute atomic E-state index is 0.425. The Bertz CT molecular complexity index is 537. The Kier molecular flexibility index (Phi) is 3.38. The van der Waals surface area contributed by atoms with Gasteiger partial charge in [-0.3, -0.25) is 0 Å². The van der Waals surface area contributed by atoms with Gasteiger partial charge in [-0.05, 0) is 12.1 Å². The van der Waals surface area contributed by atoms with Gasteiger partial charge in [0.15, 0.2) is 0 Å². The first-order valence-corrected chi connectivity index (χ1v) is 5.36. The van der Waals surface area contributed by atoms with E-state index in [1.54, 1.807) is 6.07 Å². The number of halogens is 3. The fraction of sp³-hybridized carbons (Fsp3) is 0.250. The molecule has 0 amide bonds. The van der Waals surface area contributed by atoms with E-state index in [4.69, 9.17) is 5.73 Å². The number of hydrogen-bond donors (Lipinski definition) is 1. The molecule has 0 bridgehead atoms. The van der Waals surface area contributed by atoms with Crippen LogP contribution in [0.2, 0.25) is 0 Å². The fourth-order valence-corrected chi connectivity index (χ4v) is 1.65. The van der Waals surface area contributed by atoms with E-state index in [1.165, 1.54) is 35.3 Å². The largest absolute Gasteiger partial charge is 0.325 e. The Labute approximate surface area is 102 Å². The number of benzene rings is 1. The van der Waals surface area contributed by atoms with E-state index < -0.39 is 24.8 Å². The zero-order valence-corrected chi connectivity index (χ0v) is 9.48. The van der Waals surface area contributed by atoms with E-state index in [2.05, 4.69) is 4.98 Å². The first-order chi connectivity index (χ1) is 8.52. The Morgan fingerprint density at radius 3 is 2.78 bits per heavy atom. The second-order valence-corrected chi connectivity index (χ2v) is 3.98. The van der Waals surface area contributed by atoms with Crippen molar-refractivity contribution in [2.24, 2.45) is 5.73 Å². The lowest BCUT2D eigenvalue weighted by molar-refractivity contribution is -0.00624. The molecule has 0 atom stereocenters. The molecule has 0 aliphatic carbocycles. The number of nitrogens with two attached hydrogens (primary N) is 1. The summed E-state index contributed by atoms with van der Waals surface area (Å²) in [6.07, 6.45) is 2.70. The summed E-state index contributed by atoms with van der Waals surface area (Å²) in [4.78, 5) is 3.81. The highest BCUT2D eigenvalue weighted by molar-refractivity contribution is 5.58. The molecule has 1 aromatic carbocycles. The van der Waals surface area contributed by atoms with Crippen LogP contribution in [0, 0.1) is 5.82 Å². The summed E-state index contributed by atoms with van der Waals surface area (Å²) in [5.41, 5.74) is 5.93. The third-order valence-electron chi connectivity index (χ3n) is 2.53. The maximum Gasteiger partial charge on any atom is 0.277 e. The average Bonchev–Trinajstić information content (AvgIpc) is 2.76. The number of hydrogen-bond acceptors (Lipinski definition) is 2. The van der Waals surface area contributed by atoms with Gasteiger partial charge in [0.1, 0.15) is 5.82 Å². The average molecular weight is 255 g/mol. The van der Waals surface area contributed by atoms with Gasteiger partial charge in [0.25, 0.3) is 5.92 Å². The lowest BCUT2D eigenvalue weighted by Crippen LogP contribution is -2.32. The zero-order chi connectivity index (χ0) is 13.2. The predicted molar refractivity (Wildman–Crippen MR) is 61.6 cm³/mol. The molecule has 96 valence electrons. The first-order valence-electron chi connectivity index (χ1n) is 5.36. The van der Waals surface area contributed by atoms with Crippen molar-refractivity contribution >= 4 is 0 Å². The third kappa shape index (κ3) is 2.70. The van der Waals surface area contributed by atoms with Gasteiger partial charge in [-0.1, -0.05) is 12.1 Å². The summed E-state index contributed by atoms with van der Waals surface area (Å²) >= 11 is 0. The van der Waals surface area contributed by atoms with Crippen molar-refractivity contribution in [2.45, 2.75) is 12.5 Å². The molecule has 18 heavy (non-hydrogen) atoms. The van der Waals surface area contributed by atoms with Crippen LogP contribution >= 0.6 is 0 Å². The van der Waals surface area contributed by atoms with Crippen LogP contribution in [0.25, 0.3) is 11.3 Å². The van der Waals surface area contributed by atoms with Crippen molar-refractivity contribution in [3.05, 3.63) is 42.6 Å². The monoisotopic (exact) mass is 255 g/mol. The molecule has 1 aromatic heterocycles. The molecule has 0 radical (unpaired) electrons. The van der Waals surface area contributed by atoms with Crippen LogP contribution in [0.15, 0.2) is 36.8 Å². The summed E-state index contributed by atoms with van der Waals surface area (Å²) in [6, 6.07) is 5.72. The summed E-state index contributed by atoms with van der Waals surface area (Å²) in [6.45, 7) is -1.32. The van der Waals surface area contributed by atoms with Crippen LogP contribution in [-0.4, -0.2) is 22.0 Å². The molecule has 3 nitrogen and oxygen atoms in total. The molecule has 2 rings (SSSR count). The molecule has 1 heterocycles. The van der Waals surface area contributed by atoms with Crippen LogP contribution in [0.3, 0.4) is 0 Å². The van der Waals surface area contributed by atoms with Crippen molar-refractivity contribution < 1.29 is 13.2 Å². The van der Waals surface area contributed by atoms with Crippen LogP contribution < -0.4 is 5.73 Å². The van der Waals surface area contributed by atoms with Gasteiger partial charge < -0.3 is 10.3 Å². The number of alkyl halides is 2. The lowest BCUT2D eigenvalue weighted by atomic mass is 10.1. The van der Waals surface area contributed by atoms with Crippen LogP contribution in [-0.2, 0) is 6.54 Å². The molecular weight excluding hydrogens is 243 g/mol. The van der Waals surface area contributed by atoms with E-state index in [-0.39, 0.29) is 0 Å². The lowest BCUT2D eigenvalue weighted by Gasteiger charge is -2.16. The van der Waals surface area contributed by atoms with Crippen molar-refractivity contribution in [1.29, 1.82) is 0 Å². The molecule has 0 unspecified atom stereocenters. The molecule has 2 N–H and O–H groups in total. The van der Waals surface area contributed by atoms with Crippen LogP contribution in [0.4, 0.5) is 13.2 Å². The highest BCUT2D eigenvalue weighted by atomic mass is 19.3.